The lowest BCUT2D eigenvalue weighted by Crippen LogP contribution is -1.98. The molecule has 1 heterocycles. The summed E-state index contributed by atoms with van der Waals surface area (Å²) in [4.78, 5) is 6.09. The van der Waals surface area contributed by atoms with Crippen LogP contribution in [0.1, 0.15) is 25.0 Å². The Bertz CT molecular complexity index is 606. The van der Waals surface area contributed by atoms with Gasteiger partial charge >= 0.3 is 0 Å². The molecule has 0 saturated heterocycles. The quantitative estimate of drug-likeness (QED) is 0.746. The van der Waals surface area contributed by atoms with E-state index in [0.717, 1.165) is 12.1 Å². The van der Waals surface area contributed by atoms with Gasteiger partial charge in [-0.2, -0.15) is 0 Å². The van der Waals surface area contributed by atoms with E-state index in [9.17, 15) is 0 Å². The third-order valence-corrected chi connectivity index (χ3v) is 5.36. The summed E-state index contributed by atoms with van der Waals surface area (Å²) in [5.74, 6) is 0.699. The standard InChI is InChI=1S/C19H27NS/c1-14(2)11-16-7-9-17(10-8-16)18-12-15(3)19(13-20-18)21(4,5)6/h7-10,12-14H,11H2,1-6H3. The Morgan fingerprint density at radius 3 is 2.14 bits per heavy atom. The molecule has 0 bridgehead atoms. The first-order valence-electron chi connectivity index (χ1n) is 7.51. The highest BCUT2D eigenvalue weighted by Gasteiger charge is 2.12. The van der Waals surface area contributed by atoms with Crippen LogP contribution in [0.25, 0.3) is 11.3 Å². The van der Waals surface area contributed by atoms with Crippen molar-refractivity contribution in [1.29, 1.82) is 0 Å². The maximum atomic E-state index is 4.69. The summed E-state index contributed by atoms with van der Waals surface area (Å²) in [6.07, 6.45) is 10.2. The topological polar surface area (TPSA) is 12.9 Å². The van der Waals surface area contributed by atoms with Crippen LogP contribution in [0.4, 0.5) is 0 Å². The van der Waals surface area contributed by atoms with Gasteiger partial charge in [0, 0.05) is 16.7 Å². The lowest BCUT2D eigenvalue weighted by atomic mass is 10.0. The van der Waals surface area contributed by atoms with Crippen molar-refractivity contribution in [2.75, 3.05) is 18.8 Å². The fraction of sp³-hybridized carbons (Fsp3) is 0.421. The van der Waals surface area contributed by atoms with E-state index in [-0.39, 0.29) is 0 Å². The zero-order chi connectivity index (χ0) is 15.6. The molecule has 0 aliphatic rings. The highest BCUT2D eigenvalue weighted by atomic mass is 32.3. The fourth-order valence-corrected chi connectivity index (χ4v) is 4.02. The van der Waals surface area contributed by atoms with Gasteiger partial charge in [-0.15, -0.1) is 0 Å². The van der Waals surface area contributed by atoms with Crippen LogP contribution in [0.5, 0.6) is 0 Å². The molecule has 0 aliphatic carbocycles. The Balaban J connectivity index is 2.28. The number of aryl methyl sites for hydroxylation is 1. The molecule has 0 N–H and O–H groups in total. The molecule has 2 rings (SSSR count). The number of rotatable bonds is 4. The normalized spacial score (nSPS) is 12.7. The molecule has 0 radical (unpaired) electrons. The first-order valence-corrected chi connectivity index (χ1v) is 10.4. The van der Waals surface area contributed by atoms with Gasteiger partial charge in [0.2, 0.25) is 0 Å². The van der Waals surface area contributed by atoms with Gasteiger partial charge in [-0.3, -0.25) is 4.98 Å². The van der Waals surface area contributed by atoms with E-state index in [1.807, 2.05) is 0 Å². The van der Waals surface area contributed by atoms with Crippen molar-refractivity contribution in [3.05, 3.63) is 47.7 Å². The largest absolute Gasteiger partial charge is 0.255 e. The fourth-order valence-electron chi connectivity index (χ4n) is 2.63. The van der Waals surface area contributed by atoms with Gasteiger partial charge in [0.1, 0.15) is 0 Å². The van der Waals surface area contributed by atoms with Gasteiger partial charge < -0.3 is 0 Å². The lowest BCUT2D eigenvalue weighted by Gasteiger charge is -2.27. The Labute approximate surface area is 131 Å². The molecule has 1 aromatic heterocycles. The minimum absolute atomic E-state index is 0.699. The second kappa shape index (κ2) is 6.23. The minimum atomic E-state index is -0.715. The molecule has 0 atom stereocenters. The number of hydrogen-bond donors (Lipinski definition) is 0. The molecule has 0 unspecified atom stereocenters. The van der Waals surface area contributed by atoms with Crippen molar-refractivity contribution < 1.29 is 0 Å². The van der Waals surface area contributed by atoms with Crippen LogP contribution in [0.3, 0.4) is 0 Å². The van der Waals surface area contributed by atoms with Gasteiger partial charge in [0.05, 0.1) is 5.69 Å². The Kier molecular flexibility index (Phi) is 4.77. The number of pyridine rings is 1. The Hall–Kier alpha value is -1.28. The maximum absolute atomic E-state index is 4.69. The predicted octanol–water partition coefficient (Wildman–Crippen LogP) is 5.31. The number of benzene rings is 1. The van der Waals surface area contributed by atoms with Gasteiger partial charge in [0.15, 0.2) is 0 Å². The Morgan fingerprint density at radius 2 is 1.67 bits per heavy atom. The summed E-state index contributed by atoms with van der Waals surface area (Å²) in [5.41, 5.74) is 5.05. The third-order valence-electron chi connectivity index (χ3n) is 3.62. The molecule has 1 aromatic carbocycles. The first-order chi connectivity index (χ1) is 9.77. The minimum Gasteiger partial charge on any atom is -0.255 e. The van der Waals surface area contributed by atoms with E-state index >= 15 is 0 Å². The van der Waals surface area contributed by atoms with Gasteiger partial charge in [-0.25, -0.2) is 10.0 Å². The van der Waals surface area contributed by atoms with Gasteiger partial charge in [0.25, 0.3) is 0 Å². The summed E-state index contributed by atoms with van der Waals surface area (Å²) >= 11 is 0. The molecule has 0 fully saturated rings. The van der Waals surface area contributed by atoms with Crippen LogP contribution in [0.2, 0.25) is 0 Å². The van der Waals surface area contributed by atoms with Crippen molar-refractivity contribution in [3.8, 4) is 11.3 Å². The van der Waals surface area contributed by atoms with Crippen LogP contribution in [0, 0.1) is 12.8 Å². The molecule has 1 nitrogen and oxygen atoms in total. The molecule has 0 aliphatic heterocycles. The average molecular weight is 301 g/mol. The second-order valence-corrected chi connectivity index (χ2v) is 11.1. The van der Waals surface area contributed by atoms with Crippen molar-refractivity contribution in [3.63, 3.8) is 0 Å². The van der Waals surface area contributed by atoms with Crippen LogP contribution in [0.15, 0.2) is 41.4 Å². The maximum Gasteiger partial charge on any atom is 0.0705 e. The average Bonchev–Trinajstić information content (AvgIpc) is 2.37. The summed E-state index contributed by atoms with van der Waals surface area (Å²) in [7, 11) is -0.715. The van der Waals surface area contributed by atoms with E-state index in [0.29, 0.717) is 5.92 Å². The van der Waals surface area contributed by atoms with E-state index in [4.69, 9.17) is 0 Å². The molecule has 114 valence electrons. The highest BCUT2D eigenvalue weighted by molar-refractivity contribution is 8.32. The molecule has 2 heteroatoms. The molecule has 0 amide bonds. The zero-order valence-electron chi connectivity index (χ0n) is 14.1. The van der Waals surface area contributed by atoms with Gasteiger partial charge in [-0.05, 0) is 55.2 Å². The Morgan fingerprint density at radius 1 is 1.05 bits per heavy atom. The van der Waals surface area contributed by atoms with Crippen LogP contribution in [-0.2, 0) is 6.42 Å². The predicted molar refractivity (Wildman–Crippen MR) is 96.6 cm³/mol. The highest BCUT2D eigenvalue weighted by Crippen LogP contribution is 2.46. The smallest absolute Gasteiger partial charge is 0.0705 e. The molecule has 0 saturated carbocycles. The molecule has 2 aromatic rings. The summed E-state index contributed by atoms with van der Waals surface area (Å²) in [6, 6.07) is 11.1. The third kappa shape index (κ3) is 4.10. The summed E-state index contributed by atoms with van der Waals surface area (Å²) in [6.45, 7) is 6.71. The number of aromatic nitrogens is 1. The van der Waals surface area contributed by atoms with Crippen molar-refractivity contribution in [2.24, 2.45) is 5.92 Å². The van der Waals surface area contributed by atoms with E-state index < -0.39 is 10.0 Å². The zero-order valence-corrected chi connectivity index (χ0v) is 14.9. The van der Waals surface area contributed by atoms with Crippen molar-refractivity contribution in [1.82, 2.24) is 4.98 Å². The molecular weight excluding hydrogens is 274 g/mol. The van der Waals surface area contributed by atoms with Crippen molar-refractivity contribution in [2.45, 2.75) is 32.1 Å². The summed E-state index contributed by atoms with van der Waals surface area (Å²) in [5, 5.41) is 0. The lowest BCUT2D eigenvalue weighted by molar-refractivity contribution is 0.647. The van der Waals surface area contributed by atoms with E-state index in [1.54, 1.807) is 0 Å². The van der Waals surface area contributed by atoms with E-state index in [1.165, 1.54) is 21.6 Å². The monoisotopic (exact) mass is 301 g/mol. The first kappa shape index (κ1) is 16.1. The van der Waals surface area contributed by atoms with E-state index in [2.05, 4.69) is 81.1 Å². The second-order valence-electron chi connectivity index (χ2n) is 6.97. The molecular formula is C19H27NS. The SMILES string of the molecule is Cc1cc(-c2ccc(CC(C)C)cc2)ncc1S(C)(C)C. The van der Waals surface area contributed by atoms with Crippen LogP contribution < -0.4 is 0 Å². The molecule has 0 spiro atoms. The summed E-state index contributed by atoms with van der Waals surface area (Å²) < 4.78 is 0. The molecule has 21 heavy (non-hydrogen) atoms. The number of hydrogen-bond acceptors (Lipinski definition) is 1. The van der Waals surface area contributed by atoms with Crippen molar-refractivity contribution >= 4 is 10.0 Å². The number of nitrogens with zero attached hydrogens (tertiary/aromatic N) is 1. The van der Waals surface area contributed by atoms with Gasteiger partial charge in [-0.1, -0.05) is 38.1 Å². The van der Waals surface area contributed by atoms with Crippen LogP contribution >= 0.6 is 10.0 Å². The van der Waals surface area contributed by atoms with Crippen LogP contribution in [-0.4, -0.2) is 23.8 Å².